The first-order chi connectivity index (χ1) is 8.62. The number of hydrogen-bond donors (Lipinski definition) is 1. The van der Waals surface area contributed by atoms with Crippen LogP contribution in [-0.2, 0) is 14.6 Å². The predicted octanol–water partition coefficient (Wildman–Crippen LogP) is 0.320. The van der Waals surface area contributed by atoms with Crippen LogP contribution in [0.2, 0.25) is 0 Å². The van der Waals surface area contributed by atoms with E-state index in [1.54, 1.807) is 0 Å². The molecule has 0 radical (unpaired) electrons. The maximum Gasteiger partial charge on any atom is 0.180 e. The number of ether oxygens (including phenoxy) is 1. The van der Waals surface area contributed by atoms with Crippen LogP contribution in [0.15, 0.2) is 29.2 Å². The van der Waals surface area contributed by atoms with Gasteiger partial charge >= 0.3 is 0 Å². The van der Waals surface area contributed by atoms with Gasteiger partial charge in [-0.05, 0) is 24.3 Å². The highest BCUT2D eigenvalue weighted by Gasteiger charge is 2.19. The van der Waals surface area contributed by atoms with Crippen LogP contribution >= 0.6 is 0 Å². The number of nitrogens with one attached hydrogen (secondary N) is 1. The highest BCUT2D eigenvalue weighted by atomic mass is 32.2. The van der Waals surface area contributed by atoms with Crippen molar-refractivity contribution in [1.29, 1.82) is 5.26 Å². The van der Waals surface area contributed by atoms with Crippen LogP contribution < -0.4 is 5.32 Å². The molecule has 6 heteroatoms. The Bertz CT molecular complexity index is 542. The van der Waals surface area contributed by atoms with E-state index in [1.807, 2.05) is 6.07 Å². The zero-order valence-electron chi connectivity index (χ0n) is 9.80. The highest BCUT2D eigenvalue weighted by Crippen LogP contribution is 2.12. The molecule has 0 aliphatic carbocycles. The van der Waals surface area contributed by atoms with E-state index >= 15 is 0 Å². The molecule has 1 saturated heterocycles. The van der Waals surface area contributed by atoms with Gasteiger partial charge in [0.05, 0.1) is 35.0 Å². The summed E-state index contributed by atoms with van der Waals surface area (Å²) < 4.78 is 29.3. The van der Waals surface area contributed by atoms with Crippen LogP contribution in [0.3, 0.4) is 0 Å². The minimum absolute atomic E-state index is 0.0323. The summed E-state index contributed by atoms with van der Waals surface area (Å²) in [6, 6.07) is 7.87. The molecule has 96 valence electrons. The Balaban J connectivity index is 1.94. The first-order valence-corrected chi connectivity index (χ1v) is 7.32. The van der Waals surface area contributed by atoms with Crippen molar-refractivity contribution in [2.45, 2.75) is 11.0 Å². The molecule has 0 saturated carbocycles. The molecular formula is C12H14N2O3S. The Morgan fingerprint density at radius 1 is 1.33 bits per heavy atom. The van der Waals surface area contributed by atoms with Crippen molar-refractivity contribution in [3.63, 3.8) is 0 Å². The van der Waals surface area contributed by atoms with Crippen LogP contribution in [0.1, 0.15) is 5.56 Å². The van der Waals surface area contributed by atoms with Crippen LogP contribution in [-0.4, -0.2) is 40.0 Å². The van der Waals surface area contributed by atoms with E-state index in [1.165, 1.54) is 24.3 Å². The van der Waals surface area contributed by atoms with Gasteiger partial charge in [0, 0.05) is 13.1 Å². The van der Waals surface area contributed by atoms with E-state index in [0.29, 0.717) is 5.56 Å². The minimum atomic E-state index is -3.32. The molecule has 18 heavy (non-hydrogen) atoms. The van der Waals surface area contributed by atoms with Gasteiger partial charge in [-0.25, -0.2) is 8.42 Å². The predicted molar refractivity (Wildman–Crippen MR) is 65.8 cm³/mol. The normalized spacial score (nSPS) is 15.9. The van der Waals surface area contributed by atoms with Crippen molar-refractivity contribution in [3.05, 3.63) is 29.8 Å². The molecule has 5 nitrogen and oxygen atoms in total. The second kappa shape index (κ2) is 5.48. The average molecular weight is 266 g/mol. The van der Waals surface area contributed by atoms with Crippen molar-refractivity contribution in [2.24, 2.45) is 0 Å². The fourth-order valence-electron chi connectivity index (χ4n) is 1.56. The lowest BCUT2D eigenvalue weighted by molar-refractivity contribution is 0.0281. The fourth-order valence-corrected chi connectivity index (χ4v) is 2.66. The molecule has 1 fully saturated rings. The number of rotatable bonds is 5. The van der Waals surface area contributed by atoms with Gasteiger partial charge in [0.2, 0.25) is 0 Å². The quantitative estimate of drug-likeness (QED) is 0.830. The summed E-state index contributed by atoms with van der Waals surface area (Å²) in [5.74, 6) is -0.0323. The number of nitrogens with zero attached hydrogens (tertiary/aromatic N) is 1. The maximum absolute atomic E-state index is 11.9. The van der Waals surface area contributed by atoms with E-state index in [9.17, 15) is 8.42 Å². The van der Waals surface area contributed by atoms with Crippen molar-refractivity contribution >= 4 is 9.84 Å². The summed E-state index contributed by atoms with van der Waals surface area (Å²) in [5, 5.41) is 11.7. The van der Waals surface area contributed by atoms with Crippen molar-refractivity contribution in [3.8, 4) is 6.07 Å². The minimum Gasteiger partial charge on any atom is -0.375 e. The standard InChI is InChI=1S/C12H14N2O3S/c13-7-10-1-3-12(4-2-10)18(15,16)6-5-17-11-8-14-9-11/h1-4,11,14H,5-6,8-9H2. The Hall–Kier alpha value is -1.42. The second-order valence-corrected chi connectivity index (χ2v) is 6.22. The highest BCUT2D eigenvalue weighted by molar-refractivity contribution is 7.91. The van der Waals surface area contributed by atoms with Gasteiger partial charge in [0.1, 0.15) is 0 Å². The Labute approximate surface area is 106 Å². The third-order valence-electron chi connectivity index (χ3n) is 2.79. The number of sulfone groups is 1. The maximum atomic E-state index is 11.9. The third kappa shape index (κ3) is 3.07. The molecular weight excluding hydrogens is 252 g/mol. The molecule has 1 aromatic carbocycles. The number of benzene rings is 1. The number of hydrogen-bond acceptors (Lipinski definition) is 5. The van der Waals surface area contributed by atoms with Gasteiger partial charge in [-0.1, -0.05) is 0 Å². The SMILES string of the molecule is N#Cc1ccc(S(=O)(=O)CCOC2CNC2)cc1. The summed E-state index contributed by atoms with van der Waals surface area (Å²) >= 11 is 0. The van der Waals surface area contributed by atoms with Gasteiger partial charge in [-0.3, -0.25) is 0 Å². The molecule has 1 aromatic rings. The average Bonchev–Trinajstić information content (AvgIpc) is 2.32. The van der Waals surface area contributed by atoms with E-state index in [-0.39, 0.29) is 23.4 Å². The lowest BCUT2D eigenvalue weighted by atomic mass is 10.2. The lowest BCUT2D eigenvalue weighted by Crippen LogP contribution is -2.48. The summed E-state index contributed by atoms with van der Waals surface area (Å²) in [4.78, 5) is 0.233. The first kappa shape index (κ1) is 13.0. The third-order valence-corrected chi connectivity index (χ3v) is 4.49. The molecule has 0 spiro atoms. The molecule has 1 N–H and O–H groups in total. The molecule has 0 atom stereocenters. The Morgan fingerprint density at radius 3 is 2.50 bits per heavy atom. The second-order valence-electron chi connectivity index (χ2n) is 4.11. The number of nitriles is 1. The van der Waals surface area contributed by atoms with Crippen LogP contribution in [0, 0.1) is 11.3 Å². The van der Waals surface area contributed by atoms with Crippen LogP contribution in [0.4, 0.5) is 0 Å². The van der Waals surface area contributed by atoms with Gasteiger partial charge in [-0.15, -0.1) is 0 Å². The van der Waals surface area contributed by atoms with E-state index in [2.05, 4.69) is 5.32 Å². The molecule has 1 heterocycles. The zero-order valence-corrected chi connectivity index (χ0v) is 10.6. The summed E-state index contributed by atoms with van der Waals surface area (Å²) in [5.41, 5.74) is 0.450. The van der Waals surface area contributed by atoms with Crippen molar-refractivity contribution in [2.75, 3.05) is 25.4 Å². The molecule has 0 bridgehead atoms. The first-order valence-electron chi connectivity index (χ1n) is 5.67. The van der Waals surface area contributed by atoms with Crippen molar-refractivity contribution < 1.29 is 13.2 Å². The van der Waals surface area contributed by atoms with Gasteiger partial charge in [0.15, 0.2) is 9.84 Å². The Morgan fingerprint density at radius 2 is 2.00 bits per heavy atom. The van der Waals surface area contributed by atoms with E-state index in [0.717, 1.165) is 13.1 Å². The smallest absolute Gasteiger partial charge is 0.180 e. The monoisotopic (exact) mass is 266 g/mol. The summed E-state index contributed by atoms with van der Waals surface area (Å²) in [7, 11) is -3.32. The van der Waals surface area contributed by atoms with Crippen LogP contribution in [0.5, 0.6) is 0 Å². The van der Waals surface area contributed by atoms with Gasteiger partial charge in [0.25, 0.3) is 0 Å². The van der Waals surface area contributed by atoms with Crippen molar-refractivity contribution in [1.82, 2.24) is 5.32 Å². The molecule has 0 amide bonds. The topological polar surface area (TPSA) is 79.2 Å². The van der Waals surface area contributed by atoms with E-state index < -0.39 is 9.84 Å². The lowest BCUT2D eigenvalue weighted by Gasteiger charge is -2.26. The zero-order chi connectivity index (χ0) is 13.0. The van der Waals surface area contributed by atoms with Gasteiger partial charge < -0.3 is 10.1 Å². The molecule has 2 rings (SSSR count). The fraction of sp³-hybridized carbons (Fsp3) is 0.417. The molecule has 1 aliphatic heterocycles. The molecule has 0 unspecified atom stereocenters. The Kier molecular flexibility index (Phi) is 3.97. The van der Waals surface area contributed by atoms with E-state index in [4.69, 9.17) is 10.00 Å². The summed E-state index contributed by atoms with van der Waals surface area (Å²) in [6.45, 7) is 1.78. The largest absolute Gasteiger partial charge is 0.375 e. The summed E-state index contributed by atoms with van der Waals surface area (Å²) in [6.07, 6.45) is 0.140. The van der Waals surface area contributed by atoms with Crippen LogP contribution in [0.25, 0.3) is 0 Å². The van der Waals surface area contributed by atoms with Gasteiger partial charge in [-0.2, -0.15) is 5.26 Å². The molecule has 0 aromatic heterocycles. The molecule has 1 aliphatic rings.